The van der Waals surface area contributed by atoms with Gasteiger partial charge in [-0.1, -0.05) is 12.8 Å². The summed E-state index contributed by atoms with van der Waals surface area (Å²) >= 11 is 0. The van der Waals surface area contributed by atoms with E-state index >= 15 is 0 Å². The second-order valence-corrected chi connectivity index (χ2v) is 16.1. The van der Waals surface area contributed by atoms with Crippen LogP contribution in [0.1, 0.15) is 38.5 Å². The zero-order chi connectivity index (χ0) is 42.7. The summed E-state index contributed by atoms with van der Waals surface area (Å²) in [7, 11) is -8.60. The summed E-state index contributed by atoms with van der Waals surface area (Å²) in [5.41, 5.74) is 7.86. The molecule has 1 atom stereocenters. The van der Waals surface area contributed by atoms with Crippen molar-refractivity contribution in [2.45, 2.75) is 44.6 Å². The van der Waals surface area contributed by atoms with Crippen molar-refractivity contribution in [3.8, 4) is 0 Å². The first kappa shape index (κ1) is 50.9. The van der Waals surface area contributed by atoms with Crippen LogP contribution in [0.2, 0.25) is 0 Å². The zero-order valence-electron chi connectivity index (χ0n) is 32.6. The number of hydrogen-bond acceptors (Lipinski definition) is 18. The van der Waals surface area contributed by atoms with Crippen molar-refractivity contribution in [3.63, 3.8) is 0 Å². The number of allylic oxidation sites excluding steroid dienone is 1. The Hall–Kier alpha value is -3.28. The molecule has 0 fully saturated rings. The Bertz CT molecular complexity index is 1450. The van der Waals surface area contributed by atoms with E-state index in [1.54, 1.807) is 0 Å². The molecule has 26 heteroatoms. The summed E-state index contributed by atoms with van der Waals surface area (Å²) in [5.74, 6) is -3.22. The quantitative estimate of drug-likeness (QED) is 0.0176. The number of hydrogen-bond donors (Lipinski definition) is 9. The van der Waals surface area contributed by atoms with Gasteiger partial charge in [0.25, 0.3) is 20.2 Å². The van der Waals surface area contributed by atoms with Crippen LogP contribution in [0.15, 0.2) is 11.4 Å². The highest BCUT2D eigenvalue weighted by Crippen LogP contribution is 2.28. The number of nitrogens with zero attached hydrogens (tertiary/aromatic N) is 2. The van der Waals surface area contributed by atoms with E-state index in [4.69, 9.17) is 37.9 Å². The largest absolute Gasteiger partial charge is 0.379 e. The molecule has 0 saturated heterocycles. The minimum atomic E-state index is -4.30. The fraction of sp³-hybridized carbons (Fsp3) is 0.812. The van der Waals surface area contributed by atoms with Gasteiger partial charge in [0.05, 0.1) is 95.3 Å². The SMILES string of the molecule is O=C(CCOCCOCCOCCOCCNC(=O)COC1CCCCCC2=C1NNN2CCN(CC(=O)NCCS(=O)(=O)O)CC(=O)NCCS(=O)(=O)O)NCO. The van der Waals surface area contributed by atoms with Crippen molar-refractivity contribution in [2.75, 3.05) is 124 Å². The molecule has 0 radical (unpaired) electrons. The van der Waals surface area contributed by atoms with Gasteiger partial charge in [0.2, 0.25) is 23.6 Å². The molecule has 0 aromatic heterocycles. The minimum Gasteiger partial charge on any atom is -0.379 e. The van der Waals surface area contributed by atoms with Crippen molar-refractivity contribution < 1.29 is 73.9 Å². The lowest BCUT2D eigenvalue weighted by atomic mass is 9.99. The molecule has 58 heavy (non-hydrogen) atoms. The number of nitrogens with one attached hydrogen (secondary N) is 6. The summed E-state index contributed by atoms with van der Waals surface area (Å²) in [5, 5.41) is 20.2. The van der Waals surface area contributed by atoms with E-state index in [0.717, 1.165) is 30.7 Å². The van der Waals surface area contributed by atoms with E-state index in [1.807, 2.05) is 5.01 Å². The first-order valence-corrected chi connectivity index (χ1v) is 22.1. The zero-order valence-corrected chi connectivity index (χ0v) is 34.2. The van der Waals surface area contributed by atoms with Crippen LogP contribution in [0, 0.1) is 0 Å². The van der Waals surface area contributed by atoms with E-state index in [-0.39, 0.29) is 83.9 Å². The third kappa shape index (κ3) is 25.3. The van der Waals surface area contributed by atoms with E-state index in [9.17, 15) is 36.0 Å². The molecule has 1 aliphatic heterocycles. The Morgan fingerprint density at radius 3 is 1.83 bits per heavy atom. The van der Waals surface area contributed by atoms with Gasteiger partial charge in [-0.15, -0.1) is 5.53 Å². The monoisotopic (exact) mass is 876 g/mol. The number of aliphatic hydroxyl groups is 1. The number of ether oxygens (including phenoxy) is 5. The lowest BCUT2D eigenvalue weighted by molar-refractivity contribution is -0.128. The molecule has 1 aliphatic carbocycles. The maximum Gasteiger partial charge on any atom is 0.266 e. The van der Waals surface area contributed by atoms with Crippen LogP contribution in [-0.4, -0.2) is 194 Å². The van der Waals surface area contributed by atoms with Crippen LogP contribution in [0.5, 0.6) is 0 Å². The molecule has 24 nitrogen and oxygen atoms in total. The highest BCUT2D eigenvalue weighted by Gasteiger charge is 2.30. The minimum absolute atomic E-state index is 0.146. The summed E-state index contributed by atoms with van der Waals surface area (Å²) in [6.45, 7) is 1.32. The molecule has 1 unspecified atom stereocenters. The first-order valence-electron chi connectivity index (χ1n) is 18.9. The fourth-order valence-corrected chi connectivity index (χ4v) is 6.17. The molecule has 9 N–H and O–H groups in total. The molecule has 0 aromatic carbocycles. The van der Waals surface area contributed by atoms with Crippen LogP contribution in [0.25, 0.3) is 0 Å². The average Bonchev–Trinajstić information content (AvgIpc) is 3.52. The lowest BCUT2D eigenvalue weighted by Gasteiger charge is -2.27. The van der Waals surface area contributed by atoms with E-state index in [0.29, 0.717) is 52.5 Å². The van der Waals surface area contributed by atoms with Gasteiger partial charge < -0.3 is 55.5 Å². The van der Waals surface area contributed by atoms with Crippen LogP contribution in [-0.2, 0) is 63.1 Å². The second kappa shape index (κ2) is 29.0. The molecular formula is C32H60N8O16S2. The first-order chi connectivity index (χ1) is 27.7. The van der Waals surface area contributed by atoms with Gasteiger partial charge in [0, 0.05) is 32.7 Å². The molecule has 1 heterocycles. The van der Waals surface area contributed by atoms with Gasteiger partial charge >= 0.3 is 0 Å². The van der Waals surface area contributed by atoms with Gasteiger partial charge in [0.15, 0.2) is 0 Å². The van der Waals surface area contributed by atoms with Crippen molar-refractivity contribution in [3.05, 3.63) is 11.4 Å². The molecule has 0 aromatic rings. The van der Waals surface area contributed by atoms with Gasteiger partial charge in [-0.3, -0.25) is 38.2 Å². The smallest absolute Gasteiger partial charge is 0.266 e. The predicted octanol–water partition coefficient (Wildman–Crippen LogP) is -4.18. The van der Waals surface area contributed by atoms with Crippen molar-refractivity contribution in [1.82, 2.24) is 42.1 Å². The van der Waals surface area contributed by atoms with E-state index in [1.165, 1.54) is 4.90 Å². The Kier molecular flexibility index (Phi) is 25.5. The summed E-state index contributed by atoms with van der Waals surface area (Å²) in [6, 6.07) is 0. The average molecular weight is 877 g/mol. The van der Waals surface area contributed by atoms with Crippen molar-refractivity contribution >= 4 is 43.9 Å². The maximum atomic E-state index is 12.6. The van der Waals surface area contributed by atoms with Gasteiger partial charge in [-0.25, -0.2) is 0 Å². The maximum absolute atomic E-state index is 12.6. The summed E-state index contributed by atoms with van der Waals surface area (Å²) in [4.78, 5) is 50.3. The van der Waals surface area contributed by atoms with E-state index in [2.05, 4.69) is 32.2 Å². The molecule has 0 spiro atoms. The molecule has 2 rings (SSSR count). The number of carbonyl (C=O) groups is 4. The van der Waals surface area contributed by atoms with Crippen molar-refractivity contribution in [1.29, 1.82) is 0 Å². The Labute approximate surface area is 338 Å². The summed E-state index contributed by atoms with van der Waals surface area (Å²) in [6.07, 6.45) is 3.75. The highest BCUT2D eigenvalue weighted by molar-refractivity contribution is 7.86. The predicted molar refractivity (Wildman–Crippen MR) is 204 cm³/mol. The van der Waals surface area contributed by atoms with Crippen LogP contribution in [0.4, 0.5) is 0 Å². The van der Waals surface area contributed by atoms with Gasteiger partial charge in [0.1, 0.15) is 19.4 Å². The molecule has 2 aliphatic rings. The lowest BCUT2D eigenvalue weighted by Crippen LogP contribution is -2.48. The molecule has 0 bridgehead atoms. The van der Waals surface area contributed by atoms with Gasteiger partial charge in [-0.05, 0) is 19.3 Å². The molecule has 336 valence electrons. The van der Waals surface area contributed by atoms with Crippen molar-refractivity contribution in [2.24, 2.45) is 0 Å². The standard InChI is InChI=1S/C32H60N8O16S2/c41-25-36-28(42)6-12-52-14-16-54-18-19-55-17-15-53-13-7-33-31(45)24-56-27-5-3-1-2-4-26-32(27)37-38-40(26)11-10-39(22-29(43)34-8-20-57(46,47)48)23-30(44)35-9-21-58(49,50)51/h27,37-38,41H,1-25H2,(H,33,45)(H,34,43)(H,35,44)(H,36,42)(H,46,47,48)(H,49,50,51). The number of amides is 4. The molecule has 4 amide bonds. The van der Waals surface area contributed by atoms with Gasteiger partial charge in [-0.2, -0.15) is 16.8 Å². The summed E-state index contributed by atoms with van der Waals surface area (Å²) < 4.78 is 89.6. The number of rotatable bonds is 32. The Morgan fingerprint density at radius 1 is 0.707 bits per heavy atom. The Balaban J connectivity index is 1.74. The van der Waals surface area contributed by atoms with Crippen LogP contribution < -0.4 is 32.2 Å². The molecule has 0 saturated carbocycles. The number of carbonyl (C=O) groups excluding carboxylic acids is 4. The third-order valence-electron chi connectivity index (χ3n) is 8.25. The normalized spacial score (nSPS) is 16.0. The van der Waals surface area contributed by atoms with Crippen LogP contribution >= 0.6 is 0 Å². The number of aliphatic hydroxyl groups excluding tert-OH is 1. The fourth-order valence-electron chi connectivity index (χ4n) is 5.45. The molecular weight excluding hydrogens is 817 g/mol. The number of hydrazine groups is 2. The Morgan fingerprint density at radius 2 is 1.26 bits per heavy atom. The topological polar surface area (TPSA) is 322 Å². The van der Waals surface area contributed by atoms with Crippen LogP contribution in [0.3, 0.4) is 0 Å². The van der Waals surface area contributed by atoms with E-state index < -0.39 is 56.4 Å². The highest BCUT2D eigenvalue weighted by atomic mass is 32.2. The second-order valence-electron chi connectivity index (χ2n) is 12.9. The third-order valence-corrected chi connectivity index (χ3v) is 9.69.